The minimum Gasteiger partial charge on any atom is -0.476 e. The molecule has 2 N–H and O–H groups in total. The summed E-state index contributed by atoms with van der Waals surface area (Å²) in [6.45, 7) is 0. The summed E-state index contributed by atoms with van der Waals surface area (Å²) >= 11 is 0. The van der Waals surface area contributed by atoms with E-state index in [1.54, 1.807) is 29.1 Å². The summed E-state index contributed by atoms with van der Waals surface area (Å²) in [5.41, 5.74) is -0.385. The highest BCUT2D eigenvalue weighted by Gasteiger charge is 2.14. The first kappa shape index (κ1) is 12.7. The number of fused-ring (bicyclic) bond motifs is 1. The summed E-state index contributed by atoms with van der Waals surface area (Å²) in [6, 6.07) is 6.38. The number of nitrogens with zero attached hydrogens (tertiary/aromatic N) is 3. The predicted molar refractivity (Wildman–Crippen MR) is 74.1 cm³/mol. The molecule has 8 heteroatoms. The van der Waals surface area contributed by atoms with Crippen molar-refractivity contribution in [2.75, 3.05) is 0 Å². The Morgan fingerprint density at radius 2 is 2.00 bits per heavy atom. The maximum absolute atomic E-state index is 11.6. The van der Waals surface area contributed by atoms with E-state index in [9.17, 15) is 14.5 Å². The van der Waals surface area contributed by atoms with Gasteiger partial charge in [0.25, 0.3) is 5.56 Å². The maximum Gasteiger partial charge on any atom is 0.360 e. The summed E-state index contributed by atoms with van der Waals surface area (Å²) in [5.74, 6) is -1.42. The zero-order valence-electron chi connectivity index (χ0n) is 10.5. The van der Waals surface area contributed by atoms with Gasteiger partial charge in [-0.2, -0.15) is 0 Å². The first-order chi connectivity index (χ1) is 10.1. The molecule has 2 aromatic heterocycles. The molecule has 0 aliphatic heterocycles. The zero-order valence-corrected chi connectivity index (χ0v) is 10.5. The third-order valence-corrected chi connectivity index (χ3v) is 2.97. The lowest BCUT2D eigenvalue weighted by Gasteiger charge is -2.07. The summed E-state index contributed by atoms with van der Waals surface area (Å²) < 4.78 is 1.64. The van der Waals surface area contributed by atoms with Crippen molar-refractivity contribution in [3.05, 3.63) is 57.6 Å². The van der Waals surface area contributed by atoms with Crippen molar-refractivity contribution in [1.82, 2.24) is 14.5 Å². The monoisotopic (exact) mass is 284 g/mol. The van der Waals surface area contributed by atoms with Gasteiger partial charge in [0.15, 0.2) is 0 Å². The van der Waals surface area contributed by atoms with Crippen molar-refractivity contribution in [2.45, 2.75) is 0 Å². The van der Waals surface area contributed by atoms with Gasteiger partial charge in [0.2, 0.25) is 5.69 Å². The molecule has 2 heterocycles. The van der Waals surface area contributed by atoms with Crippen molar-refractivity contribution >= 4 is 22.7 Å². The van der Waals surface area contributed by atoms with Gasteiger partial charge in [-0.15, -0.1) is 4.91 Å². The molecule has 104 valence electrons. The molecule has 0 radical (unpaired) electrons. The number of nitroso groups, excluding NO2 is 1. The molecule has 0 amide bonds. The fourth-order valence-electron chi connectivity index (χ4n) is 2.03. The Bertz CT molecular complexity index is 912. The Morgan fingerprint density at radius 3 is 2.62 bits per heavy atom. The Morgan fingerprint density at radius 1 is 1.29 bits per heavy atom. The van der Waals surface area contributed by atoms with Crippen molar-refractivity contribution < 1.29 is 9.90 Å². The van der Waals surface area contributed by atoms with E-state index in [-0.39, 0.29) is 16.7 Å². The zero-order chi connectivity index (χ0) is 15.0. The summed E-state index contributed by atoms with van der Waals surface area (Å²) in [7, 11) is 0. The van der Waals surface area contributed by atoms with Gasteiger partial charge in [0, 0.05) is 12.4 Å². The predicted octanol–water partition coefficient (Wildman–Crippen LogP) is 1.81. The molecule has 0 aliphatic rings. The van der Waals surface area contributed by atoms with Crippen LogP contribution in [0.3, 0.4) is 0 Å². The maximum atomic E-state index is 11.6. The molecule has 0 aliphatic carbocycles. The van der Waals surface area contributed by atoms with E-state index >= 15 is 0 Å². The molecule has 0 bridgehead atoms. The van der Waals surface area contributed by atoms with E-state index in [0.29, 0.717) is 5.69 Å². The van der Waals surface area contributed by atoms with Gasteiger partial charge in [-0.25, -0.2) is 9.78 Å². The summed E-state index contributed by atoms with van der Waals surface area (Å²) in [5, 5.41) is 11.8. The molecule has 0 unspecified atom stereocenters. The van der Waals surface area contributed by atoms with Crippen LogP contribution in [0, 0.1) is 4.91 Å². The van der Waals surface area contributed by atoms with E-state index in [1.807, 2.05) is 0 Å². The minimum atomic E-state index is -1.42. The van der Waals surface area contributed by atoms with Crippen LogP contribution in [0.2, 0.25) is 0 Å². The number of hydrogen-bond acceptors (Lipinski definition) is 5. The molecule has 3 aromatic rings. The van der Waals surface area contributed by atoms with Crippen LogP contribution >= 0.6 is 0 Å². The number of carboxylic acid groups (broad SMARTS) is 1. The van der Waals surface area contributed by atoms with Gasteiger partial charge in [0.05, 0.1) is 16.7 Å². The lowest BCUT2D eigenvalue weighted by atomic mass is 10.2. The summed E-state index contributed by atoms with van der Waals surface area (Å²) in [4.78, 5) is 39.7. The van der Waals surface area contributed by atoms with Gasteiger partial charge in [-0.3, -0.25) is 4.79 Å². The number of H-pyrrole nitrogens is 1. The Kier molecular flexibility index (Phi) is 2.83. The molecule has 0 saturated carbocycles. The van der Waals surface area contributed by atoms with Crippen LogP contribution < -0.4 is 5.56 Å². The highest BCUT2D eigenvalue weighted by molar-refractivity contribution is 5.89. The highest BCUT2D eigenvalue weighted by Crippen LogP contribution is 2.27. The third-order valence-electron chi connectivity index (χ3n) is 2.97. The standard InChI is InChI=1S/C13H8N4O4/c18-12-11(13(19)20)14-8-6-10(17-3-1-2-4-17)9(16-21)5-7(8)15-12/h1-6H,(H,15,18)(H,19,20). The third kappa shape index (κ3) is 2.08. The van der Waals surface area contributed by atoms with E-state index in [2.05, 4.69) is 15.1 Å². The highest BCUT2D eigenvalue weighted by atomic mass is 16.4. The van der Waals surface area contributed by atoms with Crippen molar-refractivity contribution in [3.8, 4) is 5.69 Å². The lowest BCUT2D eigenvalue weighted by Crippen LogP contribution is -2.19. The average Bonchev–Trinajstić information content (AvgIpc) is 2.99. The molecule has 8 nitrogen and oxygen atoms in total. The minimum absolute atomic E-state index is 0.110. The van der Waals surface area contributed by atoms with Crippen molar-refractivity contribution in [3.63, 3.8) is 0 Å². The lowest BCUT2D eigenvalue weighted by molar-refractivity contribution is 0.0689. The Balaban J connectivity index is 2.35. The largest absolute Gasteiger partial charge is 0.476 e. The van der Waals surface area contributed by atoms with Crippen LogP contribution in [0.4, 0.5) is 5.69 Å². The number of nitrogens with one attached hydrogen (secondary N) is 1. The molecule has 1 aromatic carbocycles. The number of benzene rings is 1. The molecule has 0 fully saturated rings. The normalized spacial score (nSPS) is 10.7. The van der Waals surface area contributed by atoms with E-state index in [0.717, 1.165) is 0 Å². The van der Waals surface area contributed by atoms with Crippen molar-refractivity contribution in [2.24, 2.45) is 5.18 Å². The number of aromatic nitrogens is 3. The van der Waals surface area contributed by atoms with Crippen LogP contribution in [0.1, 0.15) is 10.5 Å². The fourth-order valence-corrected chi connectivity index (χ4v) is 2.03. The number of aromatic amines is 1. The topological polar surface area (TPSA) is 117 Å². The van der Waals surface area contributed by atoms with E-state index in [4.69, 9.17) is 5.11 Å². The van der Waals surface area contributed by atoms with Gasteiger partial charge >= 0.3 is 5.97 Å². The Labute approximate surface area is 116 Å². The molecule has 3 rings (SSSR count). The van der Waals surface area contributed by atoms with Gasteiger partial charge in [-0.1, -0.05) is 0 Å². The second-order valence-electron chi connectivity index (χ2n) is 4.26. The van der Waals surface area contributed by atoms with Crippen LogP contribution in [-0.4, -0.2) is 25.6 Å². The first-order valence-corrected chi connectivity index (χ1v) is 5.88. The molecular weight excluding hydrogens is 276 g/mol. The number of aromatic carboxylic acids is 1. The number of carboxylic acids is 1. The van der Waals surface area contributed by atoms with Gasteiger partial charge in [0.1, 0.15) is 5.69 Å². The number of carbonyl (C=O) groups is 1. The average molecular weight is 284 g/mol. The second kappa shape index (κ2) is 4.67. The van der Waals surface area contributed by atoms with E-state index < -0.39 is 17.2 Å². The van der Waals surface area contributed by atoms with E-state index in [1.165, 1.54) is 12.1 Å². The quantitative estimate of drug-likeness (QED) is 0.711. The van der Waals surface area contributed by atoms with Gasteiger partial charge in [-0.05, 0) is 29.4 Å². The molecule has 21 heavy (non-hydrogen) atoms. The number of hydrogen-bond donors (Lipinski definition) is 2. The summed E-state index contributed by atoms with van der Waals surface area (Å²) in [6.07, 6.45) is 3.42. The smallest absolute Gasteiger partial charge is 0.360 e. The molecular formula is C13H8N4O4. The van der Waals surface area contributed by atoms with Crippen LogP contribution in [0.15, 0.2) is 46.6 Å². The van der Waals surface area contributed by atoms with Crippen molar-refractivity contribution in [1.29, 1.82) is 0 Å². The number of rotatable bonds is 3. The molecule has 0 spiro atoms. The van der Waals surface area contributed by atoms with Crippen LogP contribution in [-0.2, 0) is 0 Å². The molecule has 0 atom stereocenters. The van der Waals surface area contributed by atoms with Crippen LogP contribution in [0.25, 0.3) is 16.7 Å². The SMILES string of the molecule is O=Nc1cc2[nH]c(=O)c(C(=O)O)nc2cc1-n1cccc1. The Hall–Kier alpha value is -3.29. The van der Waals surface area contributed by atoms with Crippen LogP contribution in [0.5, 0.6) is 0 Å². The fraction of sp³-hybridized carbons (Fsp3) is 0. The second-order valence-corrected chi connectivity index (χ2v) is 4.26. The van der Waals surface area contributed by atoms with Gasteiger partial charge < -0.3 is 14.7 Å². The first-order valence-electron chi connectivity index (χ1n) is 5.88. The molecule has 0 saturated heterocycles.